The van der Waals surface area contributed by atoms with E-state index in [4.69, 9.17) is 34.8 Å². The second kappa shape index (κ2) is 71.1. The molecule has 0 saturated carbocycles. The van der Waals surface area contributed by atoms with Gasteiger partial charge in [0, 0.05) is 86.9 Å². The lowest BCUT2D eigenvalue weighted by Crippen LogP contribution is -2.35. The summed E-state index contributed by atoms with van der Waals surface area (Å²) in [5.41, 5.74) is 5.39. The van der Waals surface area contributed by atoms with Gasteiger partial charge in [-0.2, -0.15) is 58.8 Å². The summed E-state index contributed by atoms with van der Waals surface area (Å²) in [5.74, 6) is 13.5. The zero-order valence-corrected chi connectivity index (χ0v) is 76.1. The van der Waals surface area contributed by atoms with Crippen molar-refractivity contribution in [2.45, 2.75) is 358 Å². The first-order valence-electron chi connectivity index (χ1n) is 41.1. The van der Waals surface area contributed by atoms with Crippen molar-refractivity contribution in [2.75, 3.05) is 109 Å². The first kappa shape index (κ1) is 106. The molecule has 0 aromatic heterocycles. The number of nitrogens with one attached hydrogen (secondary N) is 2. The fourth-order valence-corrected chi connectivity index (χ4v) is 16.0. The molecule has 0 aliphatic carbocycles. The summed E-state index contributed by atoms with van der Waals surface area (Å²) < 4.78 is 0. The van der Waals surface area contributed by atoms with Crippen molar-refractivity contribution < 1.29 is 19.8 Å². The summed E-state index contributed by atoms with van der Waals surface area (Å²) >= 11 is 26.3. The largest absolute Gasteiger partial charge is 0.507 e. The third kappa shape index (κ3) is 64.5. The molecule has 15 heteroatoms. The molecular formula is C87H164Cl3N3O4S5. The molecule has 2 rings (SSSR count). The van der Waals surface area contributed by atoms with Crippen LogP contribution < -0.4 is 10.6 Å². The van der Waals surface area contributed by atoms with Crippen molar-refractivity contribution in [3.8, 4) is 11.5 Å². The third-order valence-electron chi connectivity index (χ3n) is 17.8. The average molecular weight is 1580 g/mol. The molecule has 1 amide bonds. The maximum Gasteiger partial charge on any atom is 0.222 e. The molecule has 2 aromatic rings. The molecule has 0 aliphatic heterocycles. The second-order valence-electron chi connectivity index (χ2n) is 32.0. The van der Waals surface area contributed by atoms with E-state index in [9.17, 15) is 19.8 Å². The Balaban J connectivity index is -0.00000137. The zero-order chi connectivity index (χ0) is 77.2. The summed E-state index contributed by atoms with van der Waals surface area (Å²) in [7, 11) is 0. The number of benzene rings is 2. The fraction of sp³-hybridized carbons (Fsp3) is 0.839. The quantitative estimate of drug-likeness (QED) is 0.0289. The van der Waals surface area contributed by atoms with E-state index in [-0.39, 0.29) is 32.8 Å². The Bertz CT molecular complexity index is 2090. The normalized spacial score (nSPS) is 11.7. The van der Waals surface area contributed by atoms with Crippen molar-refractivity contribution >= 4 is 105 Å². The number of carbonyl (C=O) groups is 2. The number of aromatic hydroxyl groups is 2. The van der Waals surface area contributed by atoms with E-state index in [0.717, 1.165) is 77.5 Å². The van der Waals surface area contributed by atoms with E-state index < -0.39 is 0 Å². The standard InChI is InChI=1S/C37H67NO2S2.C20H43NS2.C17H25ClO2.C9H20S.C4H9Cl2N/c1-9-11-13-15-17-19-25-41-27-23-38(24-28-42-26-20-18-16-14-12-10-2)34(39)22-21-31-29-32(36(3,4)5)35(40)33(30-31)37(6,7)8;1-3-5-7-9-11-13-17-22-19-15-21-16-20-23-18-14-12-10-8-6-4-2;1-16(2,3)12-9-11(7-8-14(18)19)10-13(15(12)20)17(4,5)6;1-3-4-5-6-7-8-9-10-2;5-1-3-7-4-2-6/h29-30,40H,9-28H2,1-8H3;21H,3-20H2,1-2H3;9-10,20H,7-8H2,1-6H3;3-9H2,1-2H3;7H,1-4H2. The predicted molar refractivity (Wildman–Crippen MR) is 477 cm³/mol. The highest BCUT2D eigenvalue weighted by Crippen LogP contribution is 2.42. The Morgan fingerprint density at radius 1 is 0.373 bits per heavy atom. The molecule has 0 spiro atoms. The molecule has 0 unspecified atom stereocenters. The molecule has 0 heterocycles. The number of carbonyl (C=O) groups excluding carboxylic acids is 2. The van der Waals surface area contributed by atoms with Crippen LogP contribution in [0.1, 0.15) is 357 Å². The van der Waals surface area contributed by atoms with E-state index in [0.29, 0.717) is 42.5 Å². The zero-order valence-electron chi connectivity index (χ0n) is 69.7. The van der Waals surface area contributed by atoms with Crippen LogP contribution >= 0.6 is 93.6 Å². The molecule has 7 nitrogen and oxygen atoms in total. The SMILES string of the molecule is CC(C)(C)c1cc(CCC(=O)Cl)cc(C(C)(C)C)c1O.CCCCCCCCSC.CCCCCCCCSCCN(CCSCCCCCCCC)C(=O)CCc1cc(C(C)(C)C)c(O)c(C(C)(C)C)c1.CCCCCCCCSCCNCCSCCCCCCCC.ClCCNCCCl. The van der Waals surface area contributed by atoms with Crippen molar-refractivity contribution in [1.82, 2.24) is 15.5 Å². The first-order valence-corrected chi connectivity index (χ1v) is 48.6. The van der Waals surface area contributed by atoms with Crippen LogP contribution in [0.25, 0.3) is 0 Å². The van der Waals surface area contributed by atoms with E-state index >= 15 is 0 Å². The van der Waals surface area contributed by atoms with Gasteiger partial charge in [-0.25, -0.2) is 0 Å². The number of alkyl halides is 2. The summed E-state index contributed by atoms with van der Waals surface area (Å²) in [6.45, 7) is 42.5. The number of hydrogen-bond donors (Lipinski definition) is 4. The van der Waals surface area contributed by atoms with Gasteiger partial charge in [0.15, 0.2) is 0 Å². The number of phenols is 2. The van der Waals surface area contributed by atoms with Gasteiger partial charge in [-0.3, -0.25) is 9.59 Å². The van der Waals surface area contributed by atoms with Gasteiger partial charge in [0.25, 0.3) is 0 Å². The average Bonchev–Trinajstić information content (AvgIpc) is 0.793. The van der Waals surface area contributed by atoms with Crippen molar-refractivity contribution in [3.05, 3.63) is 57.6 Å². The minimum Gasteiger partial charge on any atom is -0.507 e. The predicted octanol–water partition coefficient (Wildman–Crippen LogP) is 27.1. The minimum absolute atomic E-state index is 0.148. The number of amides is 1. The van der Waals surface area contributed by atoms with Crippen LogP contribution in [0.15, 0.2) is 24.3 Å². The van der Waals surface area contributed by atoms with Gasteiger partial charge in [0.2, 0.25) is 11.1 Å². The van der Waals surface area contributed by atoms with Crippen molar-refractivity contribution in [2.24, 2.45) is 0 Å². The van der Waals surface area contributed by atoms with Gasteiger partial charge < -0.3 is 25.7 Å². The molecule has 0 atom stereocenters. The number of phenolic OH excluding ortho intramolecular Hbond substituents is 2. The van der Waals surface area contributed by atoms with Crippen molar-refractivity contribution in [3.63, 3.8) is 0 Å². The third-order valence-corrected chi connectivity index (χ3v) is 23.3. The van der Waals surface area contributed by atoms with E-state index in [1.54, 1.807) is 0 Å². The molecule has 602 valence electrons. The monoisotopic (exact) mass is 1580 g/mol. The van der Waals surface area contributed by atoms with Gasteiger partial charge in [0.05, 0.1) is 0 Å². The Hall–Kier alpha value is -0.280. The van der Waals surface area contributed by atoms with E-state index in [1.807, 2.05) is 47.4 Å². The maximum absolute atomic E-state index is 13.5. The van der Waals surface area contributed by atoms with Crippen LogP contribution in [0.4, 0.5) is 0 Å². The van der Waals surface area contributed by atoms with Gasteiger partial charge in [-0.05, 0) is 147 Å². The molecule has 102 heavy (non-hydrogen) atoms. The van der Waals surface area contributed by atoms with Crippen molar-refractivity contribution in [1.29, 1.82) is 0 Å². The van der Waals surface area contributed by atoms with Crippen LogP contribution in [-0.2, 0) is 44.1 Å². The summed E-state index contributed by atoms with van der Waals surface area (Å²) in [6.07, 6.45) is 46.0. The summed E-state index contributed by atoms with van der Waals surface area (Å²) in [5, 5.41) is 27.9. The fourth-order valence-electron chi connectivity index (χ4n) is 11.4. The number of thioether (sulfide) groups is 5. The minimum atomic E-state index is -0.326. The molecule has 0 radical (unpaired) electrons. The van der Waals surface area contributed by atoms with E-state index in [1.165, 1.54) is 246 Å². The van der Waals surface area contributed by atoms with Crippen LogP contribution in [0.2, 0.25) is 0 Å². The molecule has 4 N–H and O–H groups in total. The number of hydrogen-bond acceptors (Lipinski definition) is 11. The molecular weight excluding hydrogens is 1420 g/mol. The lowest BCUT2D eigenvalue weighted by molar-refractivity contribution is -0.130. The Kier molecular flexibility index (Phi) is 73.8. The Morgan fingerprint density at radius 2 is 0.627 bits per heavy atom. The summed E-state index contributed by atoms with van der Waals surface area (Å²) in [4.78, 5) is 26.6. The number of halogens is 3. The molecule has 0 saturated heterocycles. The van der Waals surface area contributed by atoms with Gasteiger partial charge in [0.1, 0.15) is 11.5 Å². The number of nitrogens with zero attached hydrogens (tertiary/aromatic N) is 1. The smallest absolute Gasteiger partial charge is 0.222 e. The first-order chi connectivity index (χ1) is 48.6. The number of aryl methyl sites for hydroxylation is 2. The lowest BCUT2D eigenvalue weighted by Gasteiger charge is -2.28. The van der Waals surface area contributed by atoms with Crippen LogP contribution in [0.3, 0.4) is 0 Å². The summed E-state index contributed by atoms with van der Waals surface area (Å²) in [6, 6.07) is 8.25. The van der Waals surface area contributed by atoms with Crippen LogP contribution in [0, 0.1) is 0 Å². The molecule has 0 bridgehead atoms. The van der Waals surface area contributed by atoms with Crippen LogP contribution in [-0.4, -0.2) is 135 Å². The highest BCUT2D eigenvalue weighted by molar-refractivity contribution is 8.00. The maximum atomic E-state index is 13.5. The Labute approximate surface area is 670 Å². The molecule has 0 fully saturated rings. The highest BCUT2D eigenvalue weighted by Gasteiger charge is 2.28. The van der Waals surface area contributed by atoms with Gasteiger partial charge in [-0.1, -0.05) is 302 Å². The highest BCUT2D eigenvalue weighted by atomic mass is 35.5. The van der Waals surface area contributed by atoms with Gasteiger partial charge >= 0.3 is 0 Å². The topological polar surface area (TPSA) is 102 Å². The number of rotatable bonds is 57. The molecule has 0 aliphatic rings. The van der Waals surface area contributed by atoms with E-state index in [2.05, 4.69) is 175 Å². The van der Waals surface area contributed by atoms with Gasteiger partial charge in [-0.15, -0.1) is 23.2 Å². The number of unbranched alkanes of at least 4 members (excludes halogenated alkanes) is 25. The Morgan fingerprint density at radius 3 is 0.892 bits per heavy atom. The van der Waals surface area contributed by atoms with Crippen LogP contribution in [0.5, 0.6) is 11.5 Å². The lowest BCUT2D eigenvalue weighted by atomic mass is 9.78. The second-order valence-corrected chi connectivity index (χ2v) is 39.0. The molecule has 2 aromatic carbocycles.